The summed E-state index contributed by atoms with van der Waals surface area (Å²) in [6.07, 6.45) is 0. The molecule has 0 aromatic heterocycles. The topological polar surface area (TPSA) is 66.0 Å². The zero-order chi connectivity index (χ0) is 17.1. The third-order valence-electron chi connectivity index (χ3n) is 3.71. The molecule has 25 heavy (non-hydrogen) atoms. The van der Waals surface area contributed by atoms with Crippen molar-refractivity contribution in [2.24, 2.45) is 0 Å². The Labute approximate surface area is 149 Å². The van der Waals surface area contributed by atoms with Crippen molar-refractivity contribution in [3.63, 3.8) is 0 Å². The van der Waals surface area contributed by atoms with Crippen molar-refractivity contribution in [2.75, 3.05) is 37.5 Å². The van der Waals surface area contributed by atoms with Gasteiger partial charge in [-0.15, -0.1) is 11.8 Å². The summed E-state index contributed by atoms with van der Waals surface area (Å²) >= 11 is 1.45. The third kappa shape index (κ3) is 3.76. The first-order chi connectivity index (χ1) is 12.3. The Morgan fingerprint density at radius 1 is 0.840 bits per heavy atom. The van der Waals surface area contributed by atoms with Crippen molar-refractivity contribution >= 4 is 23.4 Å². The fraction of sp³-hybridized carbons (Fsp3) is 0.278. The van der Waals surface area contributed by atoms with Crippen LogP contribution >= 0.6 is 11.8 Å². The molecule has 0 atom stereocenters. The molecular formula is C18H17NO5S. The van der Waals surface area contributed by atoms with Gasteiger partial charge in [-0.3, -0.25) is 4.79 Å². The van der Waals surface area contributed by atoms with Gasteiger partial charge in [-0.1, -0.05) is 0 Å². The number of hydrogen-bond donors (Lipinski definition) is 1. The van der Waals surface area contributed by atoms with E-state index in [2.05, 4.69) is 5.32 Å². The summed E-state index contributed by atoms with van der Waals surface area (Å²) in [7, 11) is 0. The smallest absolute Gasteiger partial charge is 0.234 e. The predicted octanol–water partition coefficient (Wildman–Crippen LogP) is 2.96. The van der Waals surface area contributed by atoms with Gasteiger partial charge >= 0.3 is 0 Å². The highest BCUT2D eigenvalue weighted by atomic mass is 32.2. The van der Waals surface area contributed by atoms with Crippen LogP contribution in [0.3, 0.4) is 0 Å². The number of rotatable bonds is 4. The van der Waals surface area contributed by atoms with Crippen LogP contribution in [0, 0.1) is 0 Å². The van der Waals surface area contributed by atoms with E-state index in [-0.39, 0.29) is 5.91 Å². The van der Waals surface area contributed by atoms with Gasteiger partial charge in [0.05, 0.1) is 5.75 Å². The lowest BCUT2D eigenvalue weighted by Crippen LogP contribution is -2.17. The largest absolute Gasteiger partial charge is 0.486 e. The second kappa shape index (κ2) is 7.14. The molecule has 1 N–H and O–H groups in total. The molecule has 0 spiro atoms. The number of carbonyl (C=O) groups excluding carboxylic acids is 1. The van der Waals surface area contributed by atoms with E-state index in [1.807, 2.05) is 18.2 Å². The van der Waals surface area contributed by atoms with Gasteiger partial charge in [0.1, 0.15) is 26.4 Å². The van der Waals surface area contributed by atoms with E-state index in [1.165, 1.54) is 11.8 Å². The van der Waals surface area contributed by atoms with Crippen LogP contribution in [0.1, 0.15) is 0 Å². The normalized spacial score (nSPS) is 14.7. The van der Waals surface area contributed by atoms with Crippen LogP contribution in [0.2, 0.25) is 0 Å². The molecule has 0 bridgehead atoms. The minimum Gasteiger partial charge on any atom is -0.486 e. The zero-order valence-corrected chi connectivity index (χ0v) is 14.3. The van der Waals surface area contributed by atoms with E-state index >= 15 is 0 Å². The van der Waals surface area contributed by atoms with E-state index in [0.717, 1.165) is 16.4 Å². The summed E-state index contributed by atoms with van der Waals surface area (Å²) in [5, 5.41) is 2.87. The maximum Gasteiger partial charge on any atom is 0.234 e. The standard InChI is InChI=1S/C18H17NO5S/c20-18(19-12-1-3-14-16(9-12)23-7-5-21-14)11-25-13-2-4-15-17(10-13)24-8-6-22-15/h1-4,9-10H,5-8,11H2,(H,19,20). The van der Waals surface area contributed by atoms with Gasteiger partial charge < -0.3 is 24.3 Å². The van der Waals surface area contributed by atoms with Crippen LogP contribution in [0.25, 0.3) is 0 Å². The minimum atomic E-state index is -0.0865. The van der Waals surface area contributed by atoms with Crippen LogP contribution in [0.15, 0.2) is 41.3 Å². The molecular weight excluding hydrogens is 342 g/mol. The zero-order valence-electron chi connectivity index (χ0n) is 13.4. The fourth-order valence-electron chi connectivity index (χ4n) is 2.58. The van der Waals surface area contributed by atoms with E-state index in [1.54, 1.807) is 18.2 Å². The molecule has 4 rings (SSSR count). The summed E-state index contributed by atoms with van der Waals surface area (Å²) in [6.45, 7) is 2.18. The molecule has 7 heteroatoms. The number of thioether (sulfide) groups is 1. The molecule has 0 fully saturated rings. The first kappa shape index (κ1) is 16.0. The fourth-order valence-corrected chi connectivity index (χ4v) is 3.31. The van der Waals surface area contributed by atoms with Crippen molar-refractivity contribution in [1.29, 1.82) is 0 Å². The number of carbonyl (C=O) groups is 1. The summed E-state index contributed by atoms with van der Waals surface area (Å²) in [5.74, 6) is 3.04. The molecule has 0 aliphatic carbocycles. The molecule has 0 saturated heterocycles. The lowest BCUT2D eigenvalue weighted by atomic mass is 10.2. The lowest BCUT2D eigenvalue weighted by Gasteiger charge is -2.19. The summed E-state index contributed by atoms with van der Waals surface area (Å²) in [4.78, 5) is 13.1. The van der Waals surface area contributed by atoms with Crippen LogP contribution < -0.4 is 24.3 Å². The molecule has 2 aromatic carbocycles. The van der Waals surface area contributed by atoms with Gasteiger partial charge in [-0.2, -0.15) is 0 Å². The van der Waals surface area contributed by atoms with Gasteiger partial charge in [0.2, 0.25) is 5.91 Å². The molecule has 2 aliphatic rings. The van der Waals surface area contributed by atoms with Gasteiger partial charge in [-0.05, 0) is 30.3 Å². The summed E-state index contributed by atoms with van der Waals surface area (Å²) in [5.41, 5.74) is 0.692. The number of hydrogen-bond acceptors (Lipinski definition) is 6. The highest BCUT2D eigenvalue weighted by molar-refractivity contribution is 8.00. The first-order valence-electron chi connectivity index (χ1n) is 8.00. The van der Waals surface area contributed by atoms with Crippen molar-refractivity contribution in [2.45, 2.75) is 4.90 Å². The van der Waals surface area contributed by atoms with Crippen LogP contribution in [0.5, 0.6) is 23.0 Å². The molecule has 0 radical (unpaired) electrons. The Balaban J connectivity index is 1.35. The number of fused-ring (bicyclic) bond motifs is 2. The van der Waals surface area contributed by atoms with Gasteiger partial charge in [0.15, 0.2) is 23.0 Å². The number of benzene rings is 2. The Bertz CT molecular complexity index is 795. The Kier molecular flexibility index (Phi) is 4.56. The molecule has 2 heterocycles. The maximum atomic E-state index is 12.2. The highest BCUT2D eigenvalue weighted by Gasteiger charge is 2.14. The maximum absolute atomic E-state index is 12.2. The number of ether oxygens (including phenoxy) is 4. The molecule has 1 amide bonds. The van der Waals surface area contributed by atoms with Crippen molar-refractivity contribution in [3.05, 3.63) is 36.4 Å². The number of anilines is 1. The number of amides is 1. The van der Waals surface area contributed by atoms with E-state index in [0.29, 0.717) is 49.4 Å². The second-order valence-electron chi connectivity index (χ2n) is 5.50. The van der Waals surface area contributed by atoms with Gasteiger partial charge in [0.25, 0.3) is 0 Å². The third-order valence-corrected chi connectivity index (χ3v) is 4.70. The van der Waals surface area contributed by atoms with Gasteiger partial charge in [-0.25, -0.2) is 0 Å². The monoisotopic (exact) mass is 359 g/mol. The van der Waals surface area contributed by atoms with Crippen LogP contribution in [-0.4, -0.2) is 38.1 Å². The average molecular weight is 359 g/mol. The lowest BCUT2D eigenvalue weighted by molar-refractivity contribution is -0.113. The highest BCUT2D eigenvalue weighted by Crippen LogP contribution is 2.35. The summed E-state index contributed by atoms with van der Waals surface area (Å²) < 4.78 is 22.0. The molecule has 130 valence electrons. The predicted molar refractivity (Wildman–Crippen MR) is 94.2 cm³/mol. The quantitative estimate of drug-likeness (QED) is 0.847. The van der Waals surface area contributed by atoms with Gasteiger partial charge in [0, 0.05) is 16.6 Å². The van der Waals surface area contributed by atoms with Crippen molar-refractivity contribution < 1.29 is 23.7 Å². The first-order valence-corrected chi connectivity index (χ1v) is 8.98. The molecule has 6 nitrogen and oxygen atoms in total. The SMILES string of the molecule is O=C(CSc1ccc2c(c1)OCCO2)Nc1ccc2c(c1)OCCO2. The van der Waals surface area contributed by atoms with Crippen molar-refractivity contribution in [1.82, 2.24) is 0 Å². The Morgan fingerprint density at radius 2 is 1.44 bits per heavy atom. The number of nitrogens with one attached hydrogen (secondary N) is 1. The second-order valence-corrected chi connectivity index (χ2v) is 6.55. The van der Waals surface area contributed by atoms with E-state index in [9.17, 15) is 4.79 Å². The average Bonchev–Trinajstić information content (AvgIpc) is 2.66. The molecule has 0 unspecified atom stereocenters. The molecule has 0 saturated carbocycles. The summed E-state index contributed by atoms with van der Waals surface area (Å²) in [6, 6.07) is 11.1. The Hall–Kier alpha value is -2.54. The molecule has 2 aromatic rings. The van der Waals surface area contributed by atoms with E-state index < -0.39 is 0 Å². The van der Waals surface area contributed by atoms with E-state index in [4.69, 9.17) is 18.9 Å². The van der Waals surface area contributed by atoms with Crippen LogP contribution in [-0.2, 0) is 4.79 Å². The molecule has 2 aliphatic heterocycles. The van der Waals surface area contributed by atoms with Crippen molar-refractivity contribution in [3.8, 4) is 23.0 Å². The Morgan fingerprint density at radius 3 is 2.16 bits per heavy atom. The van der Waals surface area contributed by atoms with Crippen LogP contribution in [0.4, 0.5) is 5.69 Å². The minimum absolute atomic E-state index is 0.0865.